The lowest BCUT2D eigenvalue weighted by molar-refractivity contribution is 0.312. The van der Waals surface area contributed by atoms with Gasteiger partial charge in [-0.15, -0.1) is 11.3 Å². The second kappa shape index (κ2) is 11.4. The van der Waals surface area contributed by atoms with Crippen molar-refractivity contribution in [1.82, 2.24) is 14.9 Å². The van der Waals surface area contributed by atoms with Gasteiger partial charge in [-0.25, -0.2) is 13.4 Å². The van der Waals surface area contributed by atoms with E-state index in [0.717, 1.165) is 53.5 Å². The van der Waals surface area contributed by atoms with Gasteiger partial charge in [-0.05, 0) is 63.5 Å². The maximum Gasteiger partial charge on any atom is 0.229 e. The van der Waals surface area contributed by atoms with E-state index in [1.165, 1.54) is 11.3 Å². The first kappa shape index (κ1) is 27.2. The number of likely N-dealkylation sites (N-methyl/N-ethyl adjacent to an activating group) is 1. The Morgan fingerprint density at radius 1 is 1.00 bits per heavy atom. The summed E-state index contributed by atoms with van der Waals surface area (Å²) in [5.74, 6) is 1.66. The summed E-state index contributed by atoms with van der Waals surface area (Å²) in [5, 5.41) is 8.02. The zero-order chi connectivity index (χ0) is 27.6. The number of benzene rings is 2. The number of ether oxygens (including phenoxy) is 1. The van der Waals surface area contributed by atoms with Crippen LogP contribution in [0.5, 0.6) is 5.75 Å². The summed E-state index contributed by atoms with van der Waals surface area (Å²) >= 11 is 1.50. The van der Waals surface area contributed by atoms with Crippen LogP contribution < -0.4 is 20.3 Å². The minimum atomic E-state index is -3.50. The molecule has 5 rings (SSSR count). The Kier molecular flexibility index (Phi) is 7.92. The summed E-state index contributed by atoms with van der Waals surface area (Å²) < 4.78 is 32.9. The van der Waals surface area contributed by atoms with Crippen molar-refractivity contribution < 1.29 is 13.2 Å². The minimum absolute atomic E-state index is 0.246. The molecule has 206 valence electrons. The van der Waals surface area contributed by atoms with Crippen LogP contribution in [-0.4, -0.2) is 68.4 Å². The zero-order valence-electron chi connectivity index (χ0n) is 22.6. The number of para-hydroxylation sites is 1. The molecule has 9 nitrogen and oxygen atoms in total. The van der Waals surface area contributed by atoms with Crippen molar-refractivity contribution >= 4 is 60.2 Å². The van der Waals surface area contributed by atoms with Crippen molar-refractivity contribution in [2.75, 3.05) is 55.4 Å². The van der Waals surface area contributed by atoms with Gasteiger partial charge in [0.25, 0.3) is 0 Å². The molecule has 3 heterocycles. The van der Waals surface area contributed by atoms with Crippen molar-refractivity contribution in [3.05, 3.63) is 53.9 Å². The van der Waals surface area contributed by atoms with Crippen LogP contribution in [0.25, 0.3) is 10.2 Å². The van der Waals surface area contributed by atoms with Crippen LogP contribution in [0.1, 0.15) is 20.8 Å². The fraction of sp³-hybridized carbons (Fsp3) is 0.357. The number of thiophene rings is 1. The summed E-state index contributed by atoms with van der Waals surface area (Å²) in [7, 11) is -1.35. The lowest BCUT2D eigenvalue weighted by Crippen LogP contribution is -2.44. The molecule has 2 aromatic carbocycles. The largest absolute Gasteiger partial charge is 0.492 e. The number of piperazine rings is 1. The Balaban J connectivity index is 1.48. The monoisotopic (exact) mass is 566 g/mol. The van der Waals surface area contributed by atoms with Crippen molar-refractivity contribution in [3.63, 3.8) is 0 Å². The fourth-order valence-corrected chi connectivity index (χ4v) is 6.45. The first-order chi connectivity index (χ1) is 18.8. The zero-order valence-corrected chi connectivity index (χ0v) is 24.3. The van der Waals surface area contributed by atoms with Gasteiger partial charge in [0.15, 0.2) is 15.7 Å². The Morgan fingerprint density at radius 2 is 1.77 bits per heavy atom. The third-order valence-electron chi connectivity index (χ3n) is 6.75. The Morgan fingerprint density at radius 3 is 2.51 bits per heavy atom. The highest BCUT2D eigenvalue weighted by Crippen LogP contribution is 2.36. The molecule has 11 heteroatoms. The van der Waals surface area contributed by atoms with Crippen LogP contribution in [-0.2, 0) is 9.84 Å². The Hall–Kier alpha value is -3.41. The van der Waals surface area contributed by atoms with Crippen LogP contribution in [0, 0.1) is 0 Å². The van der Waals surface area contributed by atoms with Crippen LogP contribution in [0.4, 0.5) is 28.8 Å². The van der Waals surface area contributed by atoms with Gasteiger partial charge in [0, 0.05) is 37.9 Å². The molecule has 2 N–H and O–H groups in total. The van der Waals surface area contributed by atoms with Crippen LogP contribution in [0.3, 0.4) is 0 Å². The Bertz CT molecular complexity index is 1560. The van der Waals surface area contributed by atoms with E-state index in [0.29, 0.717) is 24.1 Å². The van der Waals surface area contributed by atoms with Gasteiger partial charge in [0.05, 0.1) is 38.3 Å². The average Bonchev–Trinajstić information content (AvgIpc) is 3.39. The minimum Gasteiger partial charge on any atom is -0.492 e. The predicted octanol–water partition coefficient (Wildman–Crippen LogP) is 5.51. The van der Waals surface area contributed by atoms with Gasteiger partial charge in [-0.1, -0.05) is 12.1 Å². The summed E-state index contributed by atoms with van der Waals surface area (Å²) in [6.07, 6.45) is 0. The lowest BCUT2D eigenvalue weighted by Gasteiger charge is -2.34. The number of nitrogens with one attached hydrogen (secondary N) is 2. The van der Waals surface area contributed by atoms with Gasteiger partial charge < -0.3 is 25.2 Å². The number of hydrogen-bond acceptors (Lipinski definition) is 10. The van der Waals surface area contributed by atoms with E-state index in [1.54, 1.807) is 32.0 Å². The number of sulfone groups is 1. The molecule has 1 aliphatic heterocycles. The van der Waals surface area contributed by atoms with E-state index in [1.807, 2.05) is 30.5 Å². The average molecular weight is 567 g/mol. The predicted molar refractivity (Wildman–Crippen MR) is 160 cm³/mol. The first-order valence-corrected chi connectivity index (χ1v) is 15.5. The molecule has 0 amide bonds. The number of aromatic nitrogens is 2. The molecule has 2 aromatic heterocycles. The molecule has 39 heavy (non-hydrogen) atoms. The van der Waals surface area contributed by atoms with E-state index in [2.05, 4.69) is 39.6 Å². The standard InChI is InChI=1S/C28H34N6O3S2/c1-5-37-24-18-20(34-15-13-33(4)14-16-34)10-11-21(24)30-28-31-23-12-17-38-26(23)27(32-28)29-22-8-6-7-9-25(22)39(35,36)19(2)3/h6-12,17-19H,5,13-16H2,1-4H3,(H2,29,30,31,32). The third-order valence-corrected chi connectivity index (χ3v) is 9.87. The highest BCUT2D eigenvalue weighted by atomic mass is 32.2. The normalized spacial score (nSPS) is 14.6. The molecule has 0 atom stereocenters. The SMILES string of the molecule is CCOc1cc(N2CCN(C)CC2)ccc1Nc1nc(Nc2ccccc2S(=O)(=O)C(C)C)c2sccc2n1. The number of fused-ring (bicyclic) bond motifs is 1. The molecule has 4 aromatic rings. The van der Waals surface area contributed by atoms with Crippen molar-refractivity contribution in [3.8, 4) is 5.75 Å². The fourth-order valence-electron chi connectivity index (χ4n) is 4.47. The van der Waals surface area contributed by atoms with Gasteiger partial charge in [0.1, 0.15) is 5.75 Å². The molecule has 0 unspecified atom stereocenters. The molecule has 1 aliphatic rings. The molecule has 0 bridgehead atoms. The summed E-state index contributed by atoms with van der Waals surface area (Å²) in [6.45, 7) is 9.84. The molecular formula is C28H34N6O3S2. The van der Waals surface area contributed by atoms with E-state index < -0.39 is 15.1 Å². The number of nitrogens with zero attached hydrogens (tertiary/aromatic N) is 4. The topological polar surface area (TPSA) is 99.7 Å². The van der Waals surface area contributed by atoms with Crippen molar-refractivity contribution in [1.29, 1.82) is 0 Å². The smallest absolute Gasteiger partial charge is 0.229 e. The quantitative estimate of drug-likeness (QED) is 0.272. The summed E-state index contributed by atoms with van der Waals surface area (Å²) in [6, 6.07) is 15.0. The molecule has 0 aliphatic carbocycles. The van der Waals surface area contributed by atoms with Crippen LogP contribution in [0.2, 0.25) is 0 Å². The van der Waals surface area contributed by atoms with Crippen molar-refractivity contribution in [2.24, 2.45) is 0 Å². The maximum atomic E-state index is 13.0. The third kappa shape index (κ3) is 5.80. The molecule has 1 saturated heterocycles. The molecular weight excluding hydrogens is 532 g/mol. The summed E-state index contributed by atoms with van der Waals surface area (Å²) in [5.41, 5.74) is 3.13. The van der Waals surface area contributed by atoms with E-state index >= 15 is 0 Å². The van der Waals surface area contributed by atoms with E-state index in [9.17, 15) is 8.42 Å². The van der Waals surface area contributed by atoms with Crippen molar-refractivity contribution in [2.45, 2.75) is 30.9 Å². The molecule has 0 radical (unpaired) electrons. The second-order valence-corrected chi connectivity index (χ2v) is 13.2. The Labute approximate surface area is 233 Å². The second-order valence-electron chi connectivity index (χ2n) is 9.77. The van der Waals surface area contributed by atoms with E-state index in [-0.39, 0.29) is 4.90 Å². The highest BCUT2D eigenvalue weighted by molar-refractivity contribution is 7.92. The van der Waals surface area contributed by atoms with Gasteiger partial charge in [-0.3, -0.25) is 0 Å². The van der Waals surface area contributed by atoms with Crippen LogP contribution in [0.15, 0.2) is 58.8 Å². The molecule has 0 saturated carbocycles. The van der Waals surface area contributed by atoms with Crippen LogP contribution >= 0.6 is 11.3 Å². The number of anilines is 5. The molecule has 0 spiro atoms. The van der Waals surface area contributed by atoms with Gasteiger partial charge in [0.2, 0.25) is 5.95 Å². The van der Waals surface area contributed by atoms with Gasteiger partial charge >= 0.3 is 0 Å². The highest BCUT2D eigenvalue weighted by Gasteiger charge is 2.23. The maximum absolute atomic E-state index is 13.0. The van der Waals surface area contributed by atoms with Gasteiger partial charge in [-0.2, -0.15) is 4.98 Å². The van der Waals surface area contributed by atoms with E-state index in [4.69, 9.17) is 14.7 Å². The number of hydrogen-bond donors (Lipinski definition) is 2. The first-order valence-electron chi connectivity index (χ1n) is 13.1. The number of rotatable bonds is 9. The lowest BCUT2D eigenvalue weighted by atomic mass is 10.2. The molecule has 1 fully saturated rings. The summed E-state index contributed by atoms with van der Waals surface area (Å²) in [4.78, 5) is 14.4.